The van der Waals surface area contributed by atoms with Gasteiger partial charge in [0.15, 0.2) is 5.76 Å². The summed E-state index contributed by atoms with van der Waals surface area (Å²) in [7, 11) is 0. The summed E-state index contributed by atoms with van der Waals surface area (Å²) in [6.45, 7) is 4.21. The summed E-state index contributed by atoms with van der Waals surface area (Å²) >= 11 is 0. The largest absolute Gasteiger partial charge is 0.451 e. The third-order valence-corrected chi connectivity index (χ3v) is 4.47. The number of nitrogen functional groups attached to an aromatic ring is 1. The normalized spacial score (nSPS) is 21.8. The van der Waals surface area contributed by atoms with E-state index in [1.807, 2.05) is 35.2 Å². The van der Waals surface area contributed by atoms with Crippen molar-refractivity contribution in [3.8, 4) is 11.3 Å². The second kappa shape index (κ2) is 5.87. The Balaban J connectivity index is 1.87. The highest BCUT2D eigenvalue weighted by molar-refractivity contribution is 5.93. The van der Waals surface area contributed by atoms with Gasteiger partial charge in [0.25, 0.3) is 5.91 Å². The fourth-order valence-corrected chi connectivity index (χ4v) is 3.27. The van der Waals surface area contributed by atoms with Crippen LogP contribution in [0, 0.1) is 0 Å². The minimum absolute atomic E-state index is 0.0274. The molecule has 2 aromatic rings. The number of likely N-dealkylation sites (tertiary alicyclic amines) is 1. The molecule has 1 amide bonds. The molecule has 2 heterocycles. The van der Waals surface area contributed by atoms with Gasteiger partial charge in [0.2, 0.25) is 0 Å². The number of benzene rings is 1. The van der Waals surface area contributed by atoms with Crippen molar-refractivity contribution < 1.29 is 9.21 Å². The zero-order valence-electron chi connectivity index (χ0n) is 13.1. The van der Waals surface area contributed by atoms with Crippen LogP contribution in [0.25, 0.3) is 11.3 Å². The van der Waals surface area contributed by atoms with E-state index >= 15 is 0 Å². The molecular weight excluding hydrogens is 276 g/mol. The molecule has 0 aliphatic carbocycles. The second-order valence-electron chi connectivity index (χ2n) is 6.09. The molecule has 1 fully saturated rings. The van der Waals surface area contributed by atoms with Crippen LogP contribution in [0.4, 0.5) is 5.69 Å². The van der Waals surface area contributed by atoms with Crippen LogP contribution < -0.4 is 5.73 Å². The number of nitrogens with two attached hydrogens (primary N) is 1. The molecular formula is C18H22N2O2. The first-order valence-electron chi connectivity index (χ1n) is 7.85. The molecule has 0 saturated carbocycles. The van der Waals surface area contributed by atoms with Gasteiger partial charge in [-0.2, -0.15) is 0 Å². The highest BCUT2D eigenvalue weighted by Crippen LogP contribution is 2.30. The summed E-state index contributed by atoms with van der Waals surface area (Å²) in [5.74, 6) is 0.998. The number of hydrogen-bond acceptors (Lipinski definition) is 3. The SMILES string of the molecule is C[C@H]1CCC[C@H](C)N1C(=O)c1ccc(-c2ccccc2N)o1. The predicted molar refractivity (Wildman–Crippen MR) is 87.5 cm³/mol. The Morgan fingerprint density at radius 1 is 1.14 bits per heavy atom. The topological polar surface area (TPSA) is 59.5 Å². The molecule has 1 aliphatic heterocycles. The molecule has 0 spiro atoms. The molecule has 0 bridgehead atoms. The zero-order valence-corrected chi connectivity index (χ0v) is 13.1. The molecule has 22 heavy (non-hydrogen) atoms. The number of furan rings is 1. The smallest absolute Gasteiger partial charge is 0.290 e. The number of para-hydroxylation sites is 1. The number of carbonyl (C=O) groups is 1. The number of carbonyl (C=O) groups excluding carboxylic acids is 1. The van der Waals surface area contributed by atoms with Crippen molar-refractivity contribution in [2.45, 2.75) is 45.2 Å². The van der Waals surface area contributed by atoms with Crippen LogP contribution in [-0.2, 0) is 0 Å². The molecule has 116 valence electrons. The van der Waals surface area contributed by atoms with Gasteiger partial charge in [-0.05, 0) is 57.4 Å². The van der Waals surface area contributed by atoms with Gasteiger partial charge < -0.3 is 15.1 Å². The molecule has 3 rings (SSSR count). The maximum absolute atomic E-state index is 12.8. The van der Waals surface area contributed by atoms with E-state index in [1.165, 1.54) is 6.42 Å². The van der Waals surface area contributed by atoms with Crippen molar-refractivity contribution in [3.63, 3.8) is 0 Å². The van der Waals surface area contributed by atoms with Crippen LogP contribution in [0.3, 0.4) is 0 Å². The fraction of sp³-hybridized carbons (Fsp3) is 0.389. The van der Waals surface area contributed by atoms with E-state index in [0.29, 0.717) is 17.2 Å². The van der Waals surface area contributed by atoms with E-state index in [1.54, 1.807) is 6.07 Å². The predicted octanol–water partition coefficient (Wildman–Crippen LogP) is 3.93. The van der Waals surface area contributed by atoms with E-state index in [9.17, 15) is 4.79 Å². The number of nitrogens with zero attached hydrogens (tertiary/aromatic N) is 1. The zero-order chi connectivity index (χ0) is 15.7. The Labute approximate surface area is 130 Å². The number of hydrogen-bond donors (Lipinski definition) is 1. The molecule has 1 aliphatic rings. The van der Waals surface area contributed by atoms with E-state index in [-0.39, 0.29) is 18.0 Å². The number of piperidine rings is 1. The minimum Gasteiger partial charge on any atom is -0.451 e. The standard InChI is InChI=1S/C18H22N2O2/c1-12-6-5-7-13(2)20(12)18(21)17-11-10-16(22-17)14-8-3-4-9-15(14)19/h3-4,8-13H,5-7,19H2,1-2H3/t12-,13-/m0/s1. The molecule has 1 aromatic heterocycles. The Hall–Kier alpha value is -2.23. The number of anilines is 1. The van der Waals surface area contributed by atoms with Crippen molar-refractivity contribution in [1.29, 1.82) is 0 Å². The van der Waals surface area contributed by atoms with Crippen LogP contribution in [0.1, 0.15) is 43.7 Å². The Morgan fingerprint density at radius 3 is 2.50 bits per heavy atom. The quantitative estimate of drug-likeness (QED) is 0.854. The third-order valence-electron chi connectivity index (χ3n) is 4.47. The molecule has 4 heteroatoms. The van der Waals surface area contributed by atoms with E-state index in [2.05, 4.69) is 13.8 Å². The van der Waals surface area contributed by atoms with Crippen LogP contribution in [0.2, 0.25) is 0 Å². The lowest BCUT2D eigenvalue weighted by Crippen LogP contribution is -2.47. The average molecular weight is 298 g/mol. The van der Waals surface area contributed by atoms with Gasteiger partial charge in [-0.1, -0.05) is 12.1 Å². The molecule has 0 radical (unpaired) electrons. The van der Waals surface area contributed by atoms with Crippen molar-refractivity contribution >= 4 is 11.6 Å². The van der Waals surface area contributed by atoms with Gasteiger partial charge in [0.05, 0.1) is 0 Å². The minimum atomic E-state index is -0.0274. The maximum atomic E-state index is 12.8. The van der Waals surface area contributed by atoms with Crippen LogP contribution in [0.5, 0.6) is 0 Å². The Morgan fingerprint density at radius 2 is 1.82 bits per heavy atom. The van der Waals surface area contributed by atoms with Crippen molar-refractivity contribution in [1.82, 2.24) is 4.90 Å². The lowest BCUT2D eigenvalue weighted by Gasteiger charge is -2.38. The molecule has 1 saturated heterocycles. The first-order chi connectivity index (χ1) is 10.6. The Bertz CT molecular complexity index is 667. The van der Waals surface area contributed by atoms with Gasteiger partial charge in [-0.25, -0.2) is 0 Å². The molecule has 2 atom stereocenters. The first kappa shape index (κ1) is 14.7. The average Bonchev–Trinajstić information content (AvgIpc) is 2.97. The van der Waals surface area contributed by atoms with Crippen LogP contribution >= 0.6 is 0 Å². The maximum Gasteiger partial charge on any atom is 0.290 e. The van der Waals surface area contributed by atoms with Crippen molar-refractivity contribution in [2.75, 3.05) is 5.73 Å². The summed E-state index contributed by atoms with van der Waals surface area (Å²) in [5.41, 5.74) is 7.44. The molecule has 2 N–H and O–H groups in total. The Kier molecular flexibility index (Phi) is 3.92. The highest BCUT2D eigenvalue weighted by Gasteiger charge is 2.31. The first-order valence-corrected chi connectivity index (χ1v) is 7.85. The summed E-state index contributed by atoms with van der Waals surface area (Å²) in [5, 5.41) is 0. The van der Waals surface area contributed by atoms with Gasteiger partial charge in [-0.15, -0.1) is 0 Å². The highest BCUT2D eigenvalue weighted by atomic mass is 16.4. The summed E-state index contributed by atoms with van der Waals surface area (Å²) in [6.07, 6.45) is 3.28. The van der Waals surface area contributed by atoms with E-state index in [0.717, 1.165) is 18.4 Å². The third kappa shape index (κ3) is 2.61. The van der Waals surface area contributed by atoms with Gasteiger partial charge in [0.1, 0.15) is 5.76 Å². The summed E-state index contributed by atoms with van der Waals surface area (Å²) in [6, 6.07) is 11.6. The molecule has 1 aromatic carbocycles. The van der Waals surface area contributed by atoms with Gasteiger partial charge in [-0.3, -0.25) is 4.79 Å². The fourth-order valence-electron chi connectivity index (χ4n) is 3.27. The van der Waals surface area contributed by atoms with Crippen molar-refractivity contribution in [2.24, 2.45) is 0 Å². The molecule has 0 unspecified atom stereocenters. The van der Waals surface area contributed by atoms with E-state index in [4.69, 9.17) is 10.2 Å². The lowest BCUT2D eigenvalue weighted by molar-refractivity contribution is 0.0479. The second-order valence-corrected chi connectivity index (χ2v) is 6.09. The number of rotatable bonds is 2. The van der Waals surface area contributed by atoms with Gasteiger partial charge >= 0.3 is 0 Å². The lowest BCUT2D eigenvalue weighted by atomic mass is 9.97. The van der Waals surface area contributed by atoms with E-state index < -0.39 is 0 Å². The van der Waals surface area contributed by atoms with Crippen LogP contribution in [-0.4, -0.2) is 22.9 Å². The summed E-state index contributed by atoms with van der Waals surface area (Å²) < 4.78 is 5.79. The van der Waals surface area contributed by atoms with Gasteiger partial charge in [0, 0.05) is 23.3 Å². The van der Waals surface area contributed by atoms with Crippen LogP contribution in [0.15, 0.2) is 40.8 Å². The van der Waals surface area contributed by atoms with Crippen molar-refractivity contribution in [3.05, 3.63) is 42.2 Å². The summed E-state index contributed by atoms with van der Waals surface area (Å²) in [4.78, 5) is 14.7. The molecule has 4 nitrogen and oxygen atoms in total. The monoisotopic (exact) mass is 298 g/mol. The number of amides is 1.